The van der Waals surface area contributed by atoms with Gasteiger partial charge in [0.2, 0.25) is 0 Å². The molecule has 0 aliphatic heterocycles. The van der Waals surface area contributed by atoms with Crippen molar-refractivity contribution in [3.8, 4) is 0 Å². The fourth-order valence-electron chi connectivity index (χ4n) is 1.14. The molecule has 0 aliphatic rings. The van der Waals surface area contributed by atoms with Crippen LogP contribution in [0.25, 0.3) is 0 Å². The van der Waals surface area contributed by atoms with Crippen LogP contribution in [0, 0.1) is 0 Å². The lowest BCUT2D eigenvalue weighted by atomic mass is 10.0. The van der Waals surface area contributed by atoms with E-state index in [0.717, 1.165) is 6.42 Å². The molecule has 2 heteroatoms. The highest BCUT2D eigenvalue weighted by Gasteiger charge is 2.05. The molecule has 14 heavy (non-hydrogen) atoms. The number of carbonyl (C=O) groups is 2. The molecule has 0 fully saturated rings. The predicted octanol–water partition coefficient (Wildman–Crippen LogP) is 2.65. The van der Waals surface area contributed by atoms with Crippen LogP contribution in [0.1, 0.15) is 34.1 Å². The van der Waals surface area contributed by atoms with Crippen molar-refractivity contribution in [3.05, 3.63) is 47.5 Å². The molecule has 72 valence electrons. The Morgan fingerprint density at radius 1 is 1.36 bits per heavy atom. The summed E-state index contributed by atoms with van der Waals surface area (Å²) in [7, 11) is 0. The lowest BCUT2D eigenvalue weighted by molar-refractivity contribution is 0.103. The monoisotopic (exact) mass is 188 g/mol. The van der Waals surface area contributed by atoms with E-state index in [4.69, 9.17) is 0 Å². The molecular formula is C12H12O2. The first-order valence-corrected chi connectivity index (χ1v) is 4.54. The average molecular weight is 188 g/mol. The summed E-state index contributed by atoms with van der Waals surface area (Å²) in [5.41, 5.74) is 0.908. The van der Waals surface area contributed by atoms with Gasteiger partial charge >= 0.3 is 0 Å². The minimum atomic E-state index is -0.116. The number of benzene rings is 1. The molecule has 0 heterocycles. The van der Waals surface area contributed by atoms with Gasteiger partial charge in [0.15, 0.2) is 12.1 Å². The van der Waals surface area contributed by atoms with Gasteiger partial charge in [0.25, 0.3) is 0 Å². The fraction of sp³-hybridized carbons (Fsp3) is 0.167. The summed E-state index contributed by atoms with van der Waals surface area (Å²) in [6.07, 6.45) is 4.80. The van der Waals surface area contributed by atoms with E-state index in [9.17, 15) is 9.59 Å². The van der Waals surface area contributed by atoms with Crippen molar-refractivity contribution < 1.29 is 9.59 Å². The molecule has 1 aromatic rings. The van der Waals surface area contributed by atoms with Crippen LogP contribution in [-0.4, -0.2) is 12.1 Å². The number of hydrogen-bond acceptors (Lipinski definition) is 2. The van der Waals surface area contributed by atoms with Gasteiger partial charge in [-0.2, -0.15) is 0 Å². The molecule has 2 nitrogen and oxygen atoms in total. The van der Waals surface area contributed by atoms with Crippen molar-refractivity contribution in [1.82, 2.24) is 0 Å². The smallest absolute Gasteiger partial charge is 0.186 e. The van der Waals surface area contributed by atoms with Crippen molar-refractivity contribution in [3.63, 3.8) is 0 Å². The third-order valence-electron chi connectivity index (χ3n) is 1.86. The highest BCUT2D eigenvalue weighted by atomic mass is 16.1. The third-order valence-corrected chi connectivity index (χ3v) is 1.86. The predicted molar refractivity (Wildman–Crippen MR) is 55.6 cm³/mol. The first-order chi connectivity index (χ1) is 6.79. The number of carbonyl (C=O) groups excluding carboxylic acids is 2. The highest BCUT2D eigenvalue weighted by Crippen LogP contribution is 2.07. The molecule has 0 amide bonds. The zero-order valence-corrected chi connectivity index (χ0v) is 8.07. The maximum absolute atomic E-state index is 11.5. The molecule has 0 N–H and O–H groups in total. The van der Waals surface area contributed by atoms with Gasteiger partial charge in [-0.1, -0.05) is 37.3 Å². The Morgan fingerprint density at radius 2 is 2.07 bits per heavy atom. The Balaban J connectivity index is 3.00. The van der Waals surface area contributed by atoms with Gasteiger partial charge in [-0.15, -0.1) is 0 Å². The molecule has 0 spiro atoms. The summed E-state index contributed by atoms with van der Waals surface area (Å²) in [5, 5.41) is 0. The largest absolute Gasteiger partial charge is 0.298 e. The number of allylic oxidation sites excluding steroid dienone is 2. The minimum absolute atomic E-state index is 0.116. The van der Waals surface area contributed by atoms with Crippen LogP contribution in [0.5, 0.6) is 0 Å². The Hall–Kier alpha value is -1.70. The SMILES string of the molecule is CC/C=C/C(=O)c1ccccc1C=O. The zero-order chi connectivity index (χ0) is 10.4. The standard InChI is InChI=1S/C12H12O2/c1-2-3-8-12(14)11-7-5-4-6-10(11)9-13/h3-9H,2H2,1H3/b8-3+. The Bertz CT molecular complexity index is 364. The number of ketones is 1. The van der Waals surface area contributed by atoms with E-state index >= 15 is 0 Å². The molecule has 1 rings (SSSR count). The lowest BCUT2D eigenvalue weighted by Gasteiger charge is -1.98. The minimum Gasteiger partial charge on any atom is -0.298 e. The van der Waals surface area contributed by atoms with Crippen LogP contribution in [-0.2, 0) is 0 Å². The molecule has 0 saturated carbocycles. The molecule has 0 aromatic heterocycles. The summed E-state index contributed by atoms with van der Waals surface area (Å²) >= 11 is 0. The van der Waals surface area contributed by atoms with Gasteiger partial charge in [-0.25, -0.2) is 0 Å². The molecule has 0 bridgehead atoms. The van der Waals surface area contributed by atoms with E-state index in [-0.39, 0.29) is 5.78 Å². The second kappa shape index (κ2) is 5.12. The average Bonchev–Trinajstić information content (AvgIpc) is 2.25. The normalized spacial score (nSPS) is 10.4. The molecule has 0 unspecified atom stereocenters. The van der Waals surface area contributed by atoms with E-state index in [2.05, 4.69) is 0 Å². The summed E-state index contributed by atoms with van der Waals surface area (Å²) in [6.45, 7) is 1.95. The van der Waals surface area contributed by atoms with Crippen molar-refractivity contribution >= 4 is 12.1 Å². The van der Waals surface area contributed by atoms with Crippen molar-refractivity contribution in [2.45, 2.75) is 13.3 Å². The van der Waals surface area contributed by atoms with Crippen LogP contribution >= 0.6 is 0 Å². The van der Waals surface area contributed by atoms with E-state index in [1.807, 2.05) is 6.92 Å². The van der Waals surface area contributed by atoms with Gasteiger partial charge in [-0.3, -0.25) is 9.59 Å². The summed E-state index contributed by atoms with van der Waals surface area (Å²) in [6, 6.07) is 6.79. The summed E-state index contributed by atoms with van der Waals surface area (Å²) < 4.78 is 0. The maximum Gasteiger partial charge on any atom is 0.186 e. The molecule has 0 saturated heterocycles. The van der Waals surface area contributed by atoms with Crippen LogP contribution < -0.4 is 0 Å². The maximum atomic E-state index is 11.5. The Kier molecular flexibility index (Phi) is 3.80. The van der Waals surface area contributed by atoms with Crippen LogP contribution in [0.2, 0.25) is 0 Å². The quantitative estimate of drug-likeness (QED) is 0.413. The van der Waals surface area contributed by atoms with Crippen LogP contribution in [0.15, 0.2) is 36.4 Å². The Labute approximate surface area is 83.3 Å². The molecule has 1 aromatic carbocycles. The number of rotatable bonds is 4. The van der Waals surface area contributed by atoms with E-state index in [1.54, 1.807) is 30.3 Å². The number of hydrogen-bond donors (Lipinski definition) is 0. The molecule has 0 aliphatic carbocycles. The first-order valence-electron chi connectivity index (χ1n) is 4.54. The van der Waals surface area contributed by atoms with E-state index in [0.29, 0.717) is 17.4 Å². The van der Waals surface area contributed by atoms with Crippen LogP contribution in [0.4, 0.5) is 0 Å². The second-order valence-corrected chi connectivity index (χ2v) is 2.88. The zero-order valence-electron chi connectivity index (χ0n) is 8.07. The van der Waals surface area contributed by atoms with Crippen molar-refractivity contribution in [1.29, 1.82) is 0 Å². The second-order valence-electron chi connectivity index (χ2n) is 2.88. The van der Waals surface area contributed by atoms with E-state index < -0.39 is 0 Å². The van der Waals surface area contributed by atoms with Gasteiger partial charge in [0, 0.05) is 11.1 Å². The highest BCUT2D eigenvalue weighted by molar-refractivity contribution is 6.09. The van der Waals surface area contributed by atoms with Gasteiger partial charge in [-0.05, 0) is 12.5 Å². The van der Waals surface area contributed by atoms with E-state index in [1.165, 1.54) is 6.08 Å². The summed E-state index contributed by atoms with van der Waals surface area (Å²) in [4.78, 5) is 22.2. The molecule has 0 atom stereocenters. The fourth-order valence-corrected chi connectivity index (χ4v) is 1.14. The van der Waals surface area contributed by atoms with Crippen LogP contribution in [0.3, 0.4) is 0 Å². The van der Waals surface area contributed by atoms with Crippen molar-refractivity contribution in [2.24, 2.45) is 0 Å². The lowest BCUT2D eigenvalue weighted by Crippen LogP contribution is -1.99. The van der Waals surface area contributed by atoms with Gasteiger partial charge in [0.1, 0.15) is 0 Å². The number of aldehydes is 1. The topological polar surface area (TPSA) is 34.1 Å². The summed E-state index contributed by atoms with van der Waals surface area (Å²) in [5.74, 6) is -0.116. The van der Waals surface area contributed by atoms with Crippen molar-refractivity contribution in [2.75, 3.05) is 0 Å². The Morgan fingerprint density at radius 3 is 2.71 bits per heavy atom. The third kappa shape index (κ3) is 2.39. The molecule has 0 radical (unpaired) electrons. The first kappa shape index (κ1) is 10.4. The molecular weight excluding hydrogens is 176 g/mol. The van der Waals surface area contributed by atoms with Gasteiger partial charge < -0.3 is 0 Å². The van der Waals surface area contributed by atoms with Gasteiger partial charge in [0.05, 0.1) is 0 Å².